The molecule has 16 heteroatoms. The smallest absolute Gasteiger partial charge is 0.326 e. The molecule has 0 fully saturated rings. The van der Waals surface area contributed by atoms with E-state index in [2.05, 4.69) is 5.32 Å². The van der Waals surface area contributed by atoms with Crippen molar-refractivity contribution in [3.05, 3.63) is 0 Å². The van der Waals surface area contributed by atoms with E-state index in [0.717, 1.165) is 0 Å². The Morgan fingerprint density at radius 2 is 1.20 bits per heavy atom. The first-order valence-electron chi connectivity index (χ1n) is 10.6. The zero-order chi connectivity index (χ0) is 27.1. The molecule has 0 rings (SSSR count). The van der Waals surface area contributed by atoms with E-state index in [1.54, 1.807) is 0 Å². The SMILES string of the molecule is NCCCCC(N)C(=O)NC(CC(N)=O)C(=O)NC(CC(=O)O)C(=O)NC(CCC(=O)O)C(=O)O. The molecule has 0 aliphatic heterocycles. The maximum Gasteiger partial charge on any atom is 0.326 e. The summed E-state index contributed by atoms with van der Waals surface area (Å²) in [5.74, 6) is -8.63. The molecule has 0 aromatic rings. The topological polar surface area (TPSA) is 294 Å². The summed E-state index contributed by atoms with van der Waals surface area (Å²) in [5.41, 5.74) is 16.2. The first kappa shape index (κ1) is 31.2. The Morgan fingerprint density at radius 3 is 1.66 bits per heavy atom. The molecule has 198 valence electrons. The van der Waals surface area contributed by atoms with Crippen molar-refractivity contribution in [2.24, 2.45) is 17.2 Å². The lowest BCUT2D eigenvalue weighted by Crippen LogP contribution is -2.58. The van der Waals surface area contributed by atoms with Crippen LogP contribution in [0.4, 0.5) is 0 Å². The third-order valence-electron chi connectivity index (χ3n) is 4.62. The molecule has 0 aliphatic carbocycles. The van der Waals surface area contributed by atoms with Crippen LogP contribution in [0, 0.1) is 0 Å². The number of unbranched alkanes of at least 4 members (excludes halogenated alkanes) is 1. The van der Waals surface area contributed by atoms with Crippen LogP contribution in [-0.2, 0) is 33.6 Å². The van der Waals surface area contributed by atoms with Crippen LogP contribution in [0.1, 0.15) is 44.9 Å². The molecular weight excluding hydrogens is 472 g/mol. The normalized spacial score (nSPS) is 14.0. The zero-order valence-electron chi connectivity index (χ0n) is 18.9. The third-order valence-corrected chi connectivity index (χ3v) is 4.62. The largest absolute Gasteiger partial charge is 0.481 e. The van der Waals surface area contributed by atoms with Crippen molar-refractivity contribution in [1.29, 1.82) is 0 Å². The number of aliphatic carboxylic acids is 3. The van der Waals surface area contributed by atoms with Crippen LogP contribution >= 0.6 is 0 Å². The number of nitrogens with two attached hydrogens (primary N) is 3. The van der Waals surface area contributed by atoms with E-state index in [4.69, 9.17) is 32.5 Å². The van der Waals surface area contributed by atoms with E-state index in [-0.39, 0.29) is 6.42 Å². The number of hydrogen-bond acceptors (Lipinski definition) is 9. The predicted octanol–water partition coefficient (Wildman–Crippen LogP) is -3.80. The minimum Gasteiger partial charge on any atom is -0.481 e. The summed E-state index contributed by atoms with van der Waals surface area (Å²) in [6, 6.07) is -6.16. The summed E-state index contributed by atoms with van der Waals surface area (Å²) in [4.78, 5) is 82.0. The Hall–Kier alpha value is -3.79. The number of hydrogen-bond donors (Lipinski definition) is 9. The van der Waals surface area contributed by atoms with Gasteiger partial charge in [0.05, 0.1) is 18.9 Å². The highest BCUT2D eigenvalue weighted by Crippen LogP contribution is 2.04. The molecule has 0 spiro atoms. The fourth-order valence-corrected chi connectivity index (χ4v) is 2.78. The lowest BCUT2D eigenvalue weighted by Gasteiger charge is -2.24. The number of rotatable bonds is 18. The minimum absolute atomic E-state index is 0.227. The van der Waals surface area contributed by atoms with Crippen LogP contribution in [0.25, 0.3) is 0 Å². The molecule has 0 saturated carbocycles. The molecule has 0 aromatic heterocycles. The second-order valence-electron chi connectivity index (χ2n) is 7.61. The molecular formula is C19H32N6O10. The van der Waals surface area contributed by atoms with E-state index >= 15 is 0 Å². The average molecular weight is 504 g/mol. The lowest BCUT2D eigenvalue weighted by molar-refractivity contribution is -0.144. The second-order valence-corrected chi connectivity index (χ2v) is 7.61. The summed E-state index contributed by atoms with van der Waals surface area (Å²) in [6.07, 6.45) is -1.46. The van der Waals surface area contributed by atoms with Gasteiger partial charge in [-0.2, -0.15) is 0 Å². The first-order chi connectivity index (χ1) is 16.3. The quantitative estimate of drug-likeness (QED) is 0.0812. The lowest BCUT2D eigenvalue weighted by atomic mass is 10.1. The highest BCUT2D eigenvalue weighted by atomic mass is 16.4. The molecule has 16 nitrogen and oxygen atoms in total. The van der Waals surface area contributed by atoms with Crippen molar-refractivity contribution in [3.63, 3.8) is 0 Å². The van der Waals surface area contributed by atoms with Crippen molar-refractivity contribution < 1.29 is 48.9 Å². The van der Waals surface area contributed by atoms with Gasteiger partial charge in [0, 0.05) is 6.42 Å². The van der Waals surface area contributed by atoms with E-state index < -0.39 is 91.4 Å². The van der Waals surface area contributed by atoms with Crippen molar-refractivity contribution in [2.75, 3.05) is 6.54 Å². The van der Waals surface area contributed by atoms with Gasteiger partial charge in [-0.15, -0.1) is 0 Å². The van der Waals surface area contributed by atoms with Gasteiger partial charge >= 0.3 is 17.9 Å². The Morgan fingerprint density at radius 1 is 0.686 bits per heavy atom. The highest BCUT2D eigenvalue weighted by molar-refractivity contribution is 5.97. The molecule has 35 heavy (non-hydrogen) atoms. The van der Waals surface area contributed by atoms with Crippen molar-refractivity contribution >= 4 is 41.5 Å². The van der Waals surface area contributed by atoms with Crippen LogP contribution in [0.5, 0.6) is 0 Å². The maximum atomic E-state index is 12.7. The van der Waals surface area contributed by atoms with Gasteiger partial charge in [0.1, 0.15) is 18.1 Å². The van der Waals surface area contributed by atoms with Gasteiger partial charge in [-0.1, -0.05) is 6.42 Å². The van der Waals surface area contributed by atoms with Crippen LogP contribution < -0.4 is 33.2 Å². The molecule has 0 heterocycles. The number of carboxylic acids is 3. The maximum absolute atomic E-state index is 12.7. The third kappa shape index (κ3) is 13.5. The Balaban J connectivity index is 5.47. The minimum atomic E-state index is -1.82. The summed E-state index contributed by atoms with van der Waals surface area (Å²) in [7, 11) is 0. The first-order valence-corrected chi connectivity index (χ1v) is 10.6. The number of nitrogens with one attached hydrogen (secondary N) is 3. The molecule has 12 N–H and O–H groups in total. The Kier molecular flexibility index (Phi) is 14.2. The number of carbonyl (C=O) groups is 7. The standard InChI is InChI=1S/C19H32N6O10/c20-6-2-1-3-9(21)16(31)24-11(7-13(22)26)17(32)25-12(8-15(29)30)18(33)23-10(19(34)35)4-5-14(27)28/h9-12H,1-8,20-21H2,(H2,22,26)(H,23,33)(H,24,31)(H,25,32)(H,27,28)(H,29,30)(H,34,35). The number of carboxylic acid groups (broad SMARTS) is 3. The summed E-state index contributed by atoms with van der Waals surface area (Å²) in [6.45, 7) is 0.382. The average Bonchev–Trinajstić information content (AvgIpc) is 2.74. The van der Waals surface area contributed by atoms with Crippen molar-refractivity contribution in [1.82, 2.24) is 16.0 Å². The zero-order valence-corrected chi connectivity index (χ0v) is 18.9. The van der Waals surface area contributed by atoms with Gasteiger partial charge < -0.3 is 48.5 Å². The second kappa shape index (κ2) is 15.9. The van der Waals surface area contributed by atoms with E-state index in [0.29, 0.717) is 19.4 Å². The van der Waals surface area contributed by atoms with E-state index in [9.17, 15) is 33.6 Å². The molecule has 0 aliphatic rings. The van der Waals surface area contributed by atoms with Gasteiger partial charge in [-0.3, -0.25) is 28.8 Å². The molecule has 4 atom stereocenters. The fraction of sp³-hybridized carbons (Fsp3) is 0.632. The van der Waals surface area contributed by atoms with Gasteiger partial charge in [0.2, 0.25) is 23.6 Å². The molecule has 0 radical (unpaired) electrons. The summed E-state index contributed by atoms with van der Waals surface area (Å²) >= 11 is 0. The van der Waals surface area contributed by atoms with Gasteiger partial charge in [0.15, 0.2) is 0 Å². The van der Waals surface area contributed by atoms with E-state index in [1.165, 1.54) is 0 Å². The Labute approximate surface area is 199 Å². The summed E-state index contributed by atoms with van der Waals surface area (Å²) in [5, 5.41) is 33.2. The molecule has 0 saturated heterocycles. The molecule has 4 unspecified atom stereocenters. The number of amides is 4. The van der Waals surface area contributed by atoms with Gasteiger partial charge in [-0.05, 0) is 25.8 Å². The van der Waals surface area contributed by atoms with Crippen LogP contribution in [0.15, 0.2) is 0 Å². The molecule has 0 aromatic carbocycles. The van der Waals surface area contributed by atoms with Crippen molar-refractivity contribution in [3.8, 4) is 0 Å². The molecule has 4 amide bonds. The van der Waals surface area contributed by atoms with Gasteiger partial charge in [0.25, 0.3) is 0 Å². The number of carbonyl (C=O) groups excluding carboxylic acids is 4. The summed E-state index contributed by atoms with van der Waals surface area (Å²) < 4.78 is 0. The highest BCUT2D eigenvalue weighted by Gasteiger charge is 2.32. The number of primary amides is 1. The van der Waals surface area contributed by atoms with Gasteiger partial charge in [-0.25, -0.2) is 4.79 Å². The monoisotopic (exact) mass is 504 g/mol. The van der Waals surface area contributed by atoms with Crippen LogP contribution in [-0.4, -0.2) is 87.6 Å². The predicted molar refractivity (Wildman–Crippen MR) is 117 cm³/mol. The molecule has 0 bridgehead atoms. The van der Waals surface area contributed by atoms with Crippen molar-refractivity contribution in [2.45, 2.75) is 69.1 Å². The Bertz CT molecular complexity index is 805. The van der Waals surface area contributed by atoms with E-state index in [1.807, 2.05) is 10.6 Å². The fourth-order valence-electron chi connectivity index (χ4n) is 2.78. The van der Waals surface area contributed by atoms with Crippen LogP contribution in [0.3, 0.4) is 0 Å². The van der Waals surface area contributed by atoms with Crippen LogP contribution in [0.2, 0.25) is 0 Å².